The molecule has 1 aliphatic rings. The normalized spacial score (nSPS) is 16.2. The summed E-state index contributed by atoms with van der Waals surface area (Å²) in [6.45, 7) is 6.25. The van der Waals surface area contributed by atoms with Gasteiger partial charge in [-0.25, -0.2) is 4.79 Å². The minimum Gasteiger partial charge on any atom is -0.444 e. The summed E-state index contributed by atoms with van der Waals surface area (Å²) in [7, 11) is 1.81. The SMILES string of the molecule is Cn1ncc(CNC2CCCC2)c1NC(=O)OC(C)(C)C. The predicted molar refractivity (Wildman–Crippen MR) is 82.2 cm³/mol. The number of hydrogen-bond donors (Lipinski definition) is 2. The van der Waals surface area contributed by atoms with Crippen molar-refractivity contribution in [2.24, 2.45) is 7.05 Å². The molecule has 0 atom stereocenters. The molecule has 2 rings (SSSR count). The van der Waals surface area contributed by atoms with Crippen LogP contribution in [0, 0.1) is 0 Å². The first kappa shape index (κ1) is 15.8. The van der Waals surface area contributed by atoms with Gasteiger partial charge in [0, 0.05) is 25.2 Å². The number of carbonyl (C=O) groups excluding carboxylic acids is 1. The third-order valence-corrected chi connectivity index (χ3v) is 3.57. The topological polar surface area (TPSA) is 68.2 Å². The van der Waals surface area contributed by atoms with E-state index in [0.717, 1.165) is 5.56 Å². The predicted octanol–water partition coefficient (Wildman–Crippen LogP) is 2.80. The van der Waals surface area contributed by atoms with Gasteiger partial charge in [0.1, 0.15) is 11.4 Å². The third-order valence-electron chi connectivity index (χ3n) is 3.57. The number of hydrogen-bond acceptors (Lipinski definition) is 4. The van der Waals surface area contributed by atoms with Gasteiger partial charge in [0.15, 0.2) is 0 Å². The Morgan fingerprint density at radius 1 is 1.43 bits per heavy atom. The van der Waals surface area contributed by atoms with Gasteiger partial charge in [-0.2, -0.15) is 5.10 Å². The molecule has 1 aromatic rings. The van der Waals surface area contributed by atoms with Gasteiger partial charge >= 0.3 is 6.09 Å². The fourth-order valence-corrected chi connectivity index (χ4v) is 2.56. The van der Waals surface area contributed by atoms with Crippen LogP contribution in [0.2, 0.25) is 0 Å². The van der Waals surface area contributed by atoms with Crippen LogP contribution in [0.5, 0.6) is 0 Å². The highest BCUT2D eigenvalue weighted by Crippen LogP contribution is 2.20. The molecule has 6 heteroatoms. The van der Waals surface area contributed by atoms with E-state index in [1.807, 2.05) is 27.8 Å². The number of anilines is 1. The van der Waals surface area contributed by atoms with Crippen molar-refractivity contribution in [3.05, 3.63) is 11.8 Å². The highest BCUT2D eigenvalue weighted by Gasteiger charge is 2.20. The standard InChI is InChI=1S/C15H26N4O2/c1-15(2,3)21-14(20)18-13-11(10-17-19(13)4)9-16-12-7-5-6-8-12/h10,12,16H,5-9H2,1-4H3,(H,18,20). The van der Waals surface area contributed by atoms with Crippen LogP contribution in [0.3, 0.4) is 0 Å². The van der Waals surface area contributed by atoms with Crippen molar-refractivity contribution in [1.82, 2.24) is 15.1 Å². The lowest BCUT2D eigenvalue weighted by atomic mass is 10.2. The Balaban J connectivity index is 1.95. The monoisotopic (exact) mass is 294 g/mol. The maximum Gasteiger partial charge on any atom is 0.413 e. The number of nitrogens with zero attached hydrogens (tertiary/aromatic N) is 2. The first-order valence-electron chi connectivity index (χ1n) is 7.59. The van der Waals surface area contributed by atoms with E-state index in [1.165, 1.54) is 25.7 Å². The van der Waals surface area contributed by atoms with Crippen LogP contribution >= 0.6 is 0 Å². The largest absolute Gasteiger partial charge is 0.444 e. The first-order valence-corrected chi connectivity index (χ1v) is 7.59. The quantitative estimate of drug-likeness (QED) is 0.896. The summed E-state index contributed by atoms with van der Waals surface area (Å²) in [6, 6.07) is 0.583. The van der Waals surface area contributed by atoms with Crippen molar-refractivity contribution < 1.29 is 9.53 Å². The van der Waals surface area contributed by atoms with E-state index in [9.17, 15) is 4.79 Å². The lowest BCUT2D eigenvalue weighted by molar-refractivity contribution is 0.0634. The molecule has 1 aliphatic carbocycles. The molecule has 0 bridgehead atoms. The van der Waals surface area contributed by atoms with Crippen LogP contribution in [0.25, 0.3) is 0 Å². The van der Waals surface area contributed by atoms with E-state index in [2.05, 4.69) is 15.7 Å². The van der Waals surface area contributed by atoms with E-state index >= 15 is 0 Å². The van der Waals surface area contributed by atoms with Gasteiger partial charge in [-0.15, -0.1) is 0 Å². The van der Waals surface area contributed by atoms with Gasteiger partial charge in [0.25, 0.3) is 0 Å². The Hall–Kier alpha value is -1.56. The molecule has 0 radical (unpaired) electrons. The van der Waals surface area contributed by atoms with E-state index in [-0.39, 0.29) is 0 Å². The summed E-state index contributed by atoms with van der Waals surface area (Å²) in [6.07, 6.45) is 6.40. The molecule has 0 unspecified atom stereocenters. The van der Waals surface area contributed by atoms with Crippen molar-refractivity contribution >= 4 is 11.9 Å². The van der Waals surface area contributed by atoms with Crippen molar-refractivity contribution in [2.75, 3.05) is 5.32 Å². The van der Waals surface area contributed by atoms with E-state index in [1.54, 1.807) is 10.9 Å². The van der Waals surface area contributed by atoms with Gasteiger partial charge in [0.2, 0.25) is 0 Å². The summed E-state index contributed by atoms with van der Waals surface area (Å²) >= 11 is 0. The van der Waals surface area contributed by atoms with Crippen LogP contribution in [-0.4, -0.2) is 27.5 Å². The molecule has 1 heterocycles. The summed E-state index contributed by atoms with van der Waals surface area (Å²) in [5.74, 6) is 0.690. The summed E-state index contributed by atoms with van der Waals surface area (Å²) < 4.78 is 6.95. The minimum atomic E-state index is -0.509. The zero-order valence-electron chi connectivity index (χ0n) is 13.4. The molecule has 2 N–H and O–H groups in total. The zero-order valence-corrected chi connectivity index (χ0v) is 13.4. The Morgan fingerprint density at radius 2 is 2.10 bits per heavy atom. The maximum absolute atomic E-state index is 11.9. The highest BCUT2D eigenvalue weighted by molar-refractivity contribution is 5.84. The Labute approximate surface area is 126 Å². The number of amides is 1. The van der Waals surface area contributed by atoms with Gasteiger partial charge in [-0.05, 0) is 33.6 Å². The number of aryl methyl sites for hydroxylation is 1. The number of nitrogens with one attached hydrogen (secondary N) is 2. The second-order valence-corrected chi connectivity index (χ2v) is 6.63. The second-order valence-electron chi connectivity index (χ2n) is 6.63. The molecule has 1 fully saturated rings. The van der Waals surface area contributed by atoms with E-state index in [4.69, 9.17) is 4.74 Å². The summed E-state index contributed by atoms with van der Waals surface area (Å²) in [4.78, 5) is 11.9. The lowest BCUT2D eigenvalue weighted by Gasteiger charge is -2.20. The third kappa shape index (κ3) is 4.74. The smallest absolute Gasteiger partial charge is 0.413 e. The number of rotatable bonds is 4. The molecule has 0 spiro atoms. The van der Waals surface area contributed by atoms with Gasteiger partial charge in [-0.1, -0.05) is 12.8 Å². The first-order chi connectivity index (χ1) is 9.85. The van der Waals surface area contributed by atoms with Crippen LogP contribution < -0.4 is 10.6 Å². The van der Waals surface area contributed by atoms with Crippen molar-refractivity contribution in [1.29, 1.82) is 0 Å². The van der Waals surface area contributed by atoms with E-state index in [0.29, 0.717) is 18.4 Å². The Morgan fingerprint density at radius 3 is 2.71 bits per heavy atom. The molecule has 0 aliphatic heterocycles. The van der Waals surface area contributed by atoms with Crippen molar-refractivity contribution in [3.8, 4) is 0 Å². The fourth-order valence-electron chi connectivity index (χ4n) is 2.56. The molecule has 118 valence electrons. The second kappa shape index (κ2) is 6.47. The Kier molecular flexibility index (Phi) is 4.88. The summed E-state index contributed by atoms with van der Waals surface area (Å²) in [5.41, 5.74) is 0.473. The van der Waals surface area contributed by atoms with E-state index < -0.39 is 11.7 Å². The zero-order chi connectivity index (χ0) is 15.5. The van der Waals surface area contributed by atoms with Crippen LogP contribution in [0.1, 0.15) is 52.0 Å². The lowest BCUT2D eigenvalue weighted by Crippen LogP contribution is -2.29. The van der Waals surface area contributed by atoms with Gasteiger partial charge < -0.3 is 10.1 Å². The molecule has 21 heavy (non-hydrogen) atoms. The van der Waals surface area contributed by atoms with Crippen LogP contribution in [-0.2, 0) is 18.3 Å². The molecule has 1 saturated carbocycles. The maximum atomic E-state index is 11.9. The van der Waals surface area contributed by atoms with Crippen molar-refractivity contribution in [2.45, 2.75) is 64.6 Å². The number of carbonyl (C=O) groups is 1. The van der Waals surface area contributed by atoms with Crippen LogP contribution in [0.15, 0.2) is 6.20 Å². The molecule has 0 saturated heterocycles. The molecular formula is C15H26N4O2. The Bertz CT molecular complexity index is 484. The molecule has 0 aromatic carbocycles. The molecule has 6 nitrogen and oxygen atoms in total. The fraction of sp³-hybridized carbons (Fsp3) is 0.733. The minimum absolute atomic E-state index is 0.451. The molecular weight excluding hydrogens is 268 g/mol. The number of ether oxygens (including phenoxy) is 1. The van der Waals surface area contributed by atoms with Crippen molar-refractivity contribution in [3.63, 3.8) is 0 Å². The molecule has 1 aromatic heterocycles. The van der Waals surface area contributed by atoms with Gasteiger partial charge in [0.05, 0.1) is 6.20 Å². The summed E-state index contributed by atoms with van der Waals surface area (Å²) in [5, 5.41) is 10.5. The van der Waals surface area contributed by atoms with Crippen LogP contribution in [0.4, 0.5) is 10.6 Å². The average Bonchev–Trinajstić information content (AvgIpc) is 2.97. The highest BCUT2D eigenvalue weighted by atomic mass is 16.6. The average molecular weight is 294 g/mol. The number of aromatic nitrogens is 2. The van der Waals surface area contributed by atoms with Gasteiger partial charge in [-0.3, -0.25) is 10.00 Å². The molecule has 1 amide bonds.